The molecular weight excluding hydrogens is 368 g/mol. The number of hydrogen-bond acceptors (Lipinski definition) is 2. The molecule has 0 saturated heterocycles. The maximum Gasteiger partial charge on any atom is 0.130 e. The van der Waals surface area contributed by atoms with Crippen LogP contribution in [0.4, 0.5) is 0 Å². The van der Waals surface area contributed by atoms with Gasteiger partial charge in [-0.25, -0.2) is 0 Å². The van der Waals surface area contributed by atoms with Gasteiger partial charge in [0.2, 0.25) is 0 Å². The molecule has 30 heavy (non-hydrogen) atoms. The van der Waals surface area contributed by atoms with Crippen LogP contribution in [0.5, 0.6) is 17.2 Å². The van der Waals surface area contributed by atoms with Crippen molar-refractivity contribution in [2.45, 2.75) is 26.7 Å². The summed E-state index contributed by atoms with van der Waals surface area (Å²) in [5.41, 5.74) is 3.63. The highest BCUT2D eigenvalue weighted by Crippen LogP contribution is 2.32. The van der Waals surface area contributed by atoms with Gasteiger partial charge in [0, 0.05) is 12.0 Å². The summed E-state index contributed by atoms with van der Waals surface area (Å²) in [5.74, 6) is 3.22. The maximum absolute atomic E-state index is 6.32. The normalized spacial score (nSPS) is 11.1. The zero-order chi connectivity index (χ0) is 20.9. The van der Waals surface area contributed by atoms with Gasteiger partial charge >= 0.3 is 0 Å². The van der Waals surface area contributed by atoms with Crippen molar-refractivity contribution in [2.75, 3.05) is 7.11 Å². The SMILES string of the molecule is COc1ccc(Oc2ccccc2CC(C)C)cc1Cc1cccc2ccccc12. The zero-order valence-corrected chi connectivity index (χ0v) is 17.9. The van der Waals surface area contributed by atoms with Crippen molar-refractivity contribution in [3.8, 4) is 17.2 Å². The highest BCUT2D eigenvalue weighted by Gasteiger charge is 2.11. The molecule has 2 nitrogen and oxygen atoms in total. The molecule has 152 valence electrons. The van der Waals surface area contributed by atoms with E-state index in [0.29, 0.717) is 5.92 Å². The second kappa shape index (κ2) is 9.04. The van der Waals surface area contributed by atoms with E-state index in [2.05, 4.69) is 74.5 Å². The number of fused-ring (bicyclic) bond motifs is 1. The van der Waals surface area contributed by atoms with Crippen LogP contribution in [0.3, 0.4) is 0 Å². The summed E-state index contributed by atoms with van der Waals surface area (Å²) in [5, 5.41) is 2.53. The quantitative estimate of drug-likeness (QED) is 0.323. The number of hydrogen-bond donors (Lipinski definition) is 0. The Balaban J connectivity index is 1.66. The van der Waals surface area contributed by atoms with E-state index >= 15 is 0 Å². The van der Waals surface area contributed by atoms with Crippen molar-refractivity contribution >= 4 is 10.8 Å². The van der Waals surface area contributed by atoms with Crippen LogP contribution in [0.1, 0.15) is 30.5 Å². The summed E-state index contributed by atoms with van der Waals surface area (Å²) < 4.78 is 12.0. The fourth-order valence-corrected chi connectivity index (χ4v) is 3.95. The molecule has 0 aliphatic heterocycles. The highest BCUT2D eigenvalue weighted by atomic mass is 16.5. The minimum absolute atomic E-state index is 0.576. The van der Waals surface area contributed by atoms with Crippen molar-refractivity contribution in [3.63, 3.8) is 0 Å². The molecule has 0 aliphatic rings. The highest BCUT2D eigenvalue weighted by molar-refractivity contribution is 5.86. The van der Waals surface area contributed by atoms with Gasteiger partial charge in [0.05, 0.1) is 7.11 Å². The molecule has 0 atom stereocenters. The van der Waals surface area contributed by atoms with Crippen LogP contribution < -0.4 is 9.47 Å². The summed E-state index contributed by atoms with van der Waals surface area (Å²) in [6, 6.07) is 29.4. The predicted octanol–water partition coefficient (Wildman–Crippen LogP) is 7.43. The Hall–Kier alpha value is -3.26. The van der Waals surface area contributed by atoms with Crippen molar-refractivity contribution < 1.29 is 9.47 Å². The van der Waals surface area contributed by atoms with Gasteiger partial charge in [0.25, 0.3) is 0 Å². The van der Waals surface area contributed by atoms with Gasteiger partial charge < -0.3 is 9.47 Å². The molecule has 0 bridgehead atoms. The fraction of sp³-hybridized carbons (Fsp3) is 0.214. The van der Waals surface area contributed by atoms with Crippen LogP contribution in [0.25, 0.3) is 10.8 Å². The van der Waals surface area contributed by atoms with Gasteiger partial charge in [-0.3, -0.25) is 0 Å². The summed E-state index contributed by atoms with van der Waals surface area (Å²) in [7, 11) is 1.72. The molecule has 0 heterocycles. The molecule has 4 rings (SSSR count). The summed E-state index contributed by atoms with van der Waals surface area (Å²) >= 11 is 0. The van der Waals surface area contributed by atoms with Crippen LogP contribution in [-0.2, 0) is 12.8 Å². The van der Waals surface area contributed by atoms with Gasteiger partial charge in [-0.2, -0.15) is 0 Å². The number of para-hydroxylation sites is 1. The Labute approximate surface area is 179 Å². The largest absolute Gasteiger partial charge is 0.496 e. The van der Waals surface area contributed by atoms with Crippen LogP contribution in [0, 0.1) is 5.92 Å². The van der Waals surface area contributed by atoms with Crippen LogP contribution in [0.15, 0.2) is 84.9 Å². The summed E-state index contributed by atoms with van der Waals surface area (Å²) in [6.07, 6.45) is 1.78. The van der Waals surface area contributed by atoms with E-state index in [-0.39, 0.29) is 0 Å². The molecule has 2 heteroatoms. The zero-order valence-electron chi connectivity index (χ0n) is 17.9. The molecule has 0 spiro atoms. The lowest BCUT2D eigenvalue weighted by Gasteiger charge is -2.15. The van der Waals surface area contributed by atoms with E-state index in [1.165, 1.54) is 21.9 Å². The average Bonchev–Trinajstić information content (AvgIpc) is 2.75. The Bertz CT molecular complexity index is 1140. The molecular formula is C28H28O2. The summed E-state index contributed by atoms with van der Waals surface area (Å²) in [4.78, 5) is 0. The molecule has 0 N–H and O–H groups in total. The lowest BCUT2D eigenvalue weighted by atomic mass is 9.98. The third-order valence-corrected chi connectivity index (χ3v) is 5.34. The van der Waals surface area contributed by atoms with Crippen LogP contribution in [-0.4, -0.2) is 7.11 Å². The van der Waals surface area contributed by atoms with E-state index in [9.17, 15) is 0 Å². The minimum Gasteiger partial charge on any atom is -0.496 e. The lowest BCUT2D eigenvalue weighted by molar-refractivity contribution is 0.408. The van der Waals surface area contributed by atoms with Crippen LogP contribution >= 0.6 is 0 Å². The second-order valence-electron chi connectivity index (χ2n) is 8.10. The third kappa shape index (κ3) is 4.49. The van der Waals surface area contributed by atoms with E-state index in [0.717, 1.165) is 35.7 Å². The molecule has 0 unspecified atom stereocenters. The second-order valence-corrected chi connectivity index (χ2v) is 8.10. The first-order chi connectivity index (χ1) is 14.6. The minimum atomic E-state index is 0.576. The monoisotopic (exact) mass is 396 g/mol. The van der Waals surface area contributed by atoms with Crippen molar-refractivity contribution in [2.24, 2.45) is 5.92 Å². The van der Waals surface area contributed by atoms with E-state index in [1.807, 2.05) is 24.3 Å². The Morgan fingerprint density at radius 2 is 1.43 bits per heavy atom. The first-order valence-electron chi connectivity index (χ1n) is 10.5. The first kappa shape index (κ1) is 20.0. The van der Waals surface area contributed by atoms with Crippen LogP contribution in [0.2, 0.25) is 0 Å². The molecule has 4 aromatic rings. The van der Waals surface area contributed by atoms with Gasteiger partial charge in [-0.15, -0.1) is 0 Å². The Morgan fingerprint density at radius 1 is 0.700 bits per heavy atom. The fourth-order valence-electron chi connectivity index (χ4n) is 3.95. The van der Waals surface area contributed by atoms with Crippen molar-refractivity contribution in [1.29, 1.82) is 0 Å². The number of benzene rings is 4. The lowest BCUT2D eigenvalue weighted by Crippen LogP contribution is -1.99. The molecule has 4 aromatic carbocycles. The number of ether oxygens (including phenoxy) is 2. The number of methoxy groups -OCH3 is 1. The molecule has 0 saturated carbocycles. The topological polar surface area (TPSA) is 18.5 Å². The number of rotatable bonds is 7. The van der Waals surface area contributed by atoms with E-state index in [1.54, 1.807) is 7.11 Å². The predicted molar refractivity (Wildman–Crippen MR) is 125 cm³/mol. The first-order valence-corrected chi connectivity index (χ1v) is 10.5. The third-order valence-electron chi connectivity index (χ3n) is 5.34. The smallest absolute Gasteiger partial charge is 0.130 e. The maximum atomic E-state index is 6.32. The Morgan fingerprint density at radius 3 is 2.27 bits per heavy atom. The molecule has 0 aliphatic carbocycles. The van der Waals surface area contributed by atoms with Gasteiger partial charge in [0.1, 0.15) is 17.2 Å². The average molecular weight is 397 g/mol. The Kier molecular flexibility index (Phi) is 6.04. The van der Waals surface area contributed by atoms with Crippen molar-refractivity contribution in [3.05, 3.63) is 102 Å². The standard InChI is InChI=1S/C28H28O2/c1-20(2)17-23-10-5-7-14-28(23)30-25-15-16-27(29-3)24(19-25)18-22-12-8-11-21-9-4-6-13-26(21)22/h4-16,19-20H,17-18H2,1-3H3. The van der Waals surface area contributed by atoms with E-state index < -0.39 is 0 Å². The van der Waals surface area contributed by atoms with E-state index in [4.69, 9.17) is 9.47 Å². The van der Waals surface area contributed by atoms with Crippen molar-refractivity contribution in [1.82, 2.24) is 0 Å². The summed E-state index contributed by atoms with van der Waals surface area (Å²) in [6.45, 7) is 4.46. The molecule has 0 amide bonds. The van der Waals surface area contributed by atoms with Gasteiger partial charge in [-0.1, -0.05) is 74.5 Å². The molecule has 0 aromatic heterocycles. The molecule has 0 fully saturated rings. The van der Waals surface area contributed by atoms with Gasteiger partial charge in [-0.05, 0) is 58.5 Å². The van der Waals surface area contributed by atoms with Gasteiger partial charge in [0.15, 0.2) is 0 Å². The molecule has 0 radical (unpaired) electrons.